The third kappa shape index (κ3) is 2.45. The maximum absolute atomic E-state index is 13.2. The van der Waals surface area contributed by atoms with Gasteiger partial charge in [-0.2, -0.15) is 0 Å². The third-order valence-electron chi connectivity index (χ3n) is 6.33. The van der Waals surface area contributed by atoms with Crippen LogP contribution >= 0.6 is 0 Å². The molecule has 2 fully saturated rings. The maximum Gasteiger partial charge on any atom is 0.166 e. The first-order valence-electron chi connectivity index (χ1n) is 9.26. The Morgan fingerprint density at radius 2 is 1.72 bits per heavy atom. The molecule has 25 heavy (non-hydrogen) atoms. The maximum atomic E-state index is 13.2. The number of hydrogen-bond donors (Lipinski definition) is 0. The first-order valence-corrected chi connectivity index (χ1v) is 9.26. The van der Waals surface area contributed by atoms with Gasteiger partial charge in [-0.3, -0.25) is 9.69 Å². The molecular formula is C22H23NO2. The van der Waals surface area contributed by atoms with Crippen molar-refractivity contribution in [3.05, 3.63) is 59.2 Å². The van der Waals surface area contributed by atoms with E-state index in [1.165, 1.54) is 22.3 Å². The van der Waals surface area contributed by atoms with Crippen LogP contribution in [0.5, 0.6) is 0 Å². The summed E-state index contributed by atoms with van der Waals surface area (Å²) in [5, 5.41) is 0. The second-order valence-corrected chi connectivity index (χ2v) is 7.75. The van der Waals surface area contributed by atoms with E-state index in [9.17, 15) is 4.79 Å². The van der Waals surface area contributed by atoms with E-state index < -0.39 is 0 Å². The summed E-state index contributed by atoms with van der Waals surface area (Å²) in [5.74, 6) is 0.459. The van der Waals surface area contributed by atoms with Crippen LogP contribution in [-0.2, 0) is 11.2 Å². The number of fused-ring (bicyclic) bond motifs is 5. The molecule has 128 valence electrons. The Morgan fingerprint density at radius 1 is 1.00 bits per heavy atom. The zero-order valence-electron chi connectivity index (χ0n) is 14.6. The van der Waals surface area contributed by atoms with Gasteiger partial charge in [0.2, 0.25) is 0 Å². The van der Waals surface area contributed by atoms with Gasteiger partial charge in [0.05, 0.1) is 13.2 Å². The molecule has 0 aromatic heterocycles. The highest BCUT2D eigenvalue weighted by Crippen LogP contribution is 2.38. The van der Waals surface area contributed by atoms with E-state index in [1.807, 2.05) is 6.07 Å². The molecule has 2 saturated heterocycles. The minimum Gasteiger partial charge on any atom is -0.378 e. The molecule has 0 radical (unpaired) electrons. The lowest BCUT2D eigenvalue weighted by molar-refractivity contribution is -0.0702. The molecule has 0 spiro atoms. The molecule has 2 unspecified atom stereocenters. The molecule has 1 aliphatic carbocycles. The molecule has 2 aliphatic heterocycles. The first kappa shape index (κ1) is 15.3. The van der Waals surface area contributed by atoms with E-state index in [0.29, 0.717) is 17.9 Å². The number of likely N-dealkylation sites (N-methyl/N-ethyl adjacent to an activating group) is 1. The summed E-state index contributed by atoms with van der Waals surface area (Å²) in [4.78, 5) is 15.6. The van der Waals surface area contributed by atoms with Crippen LogP contribution in [0.3, 0.4) is 0 Å². The van der Waals surface area contributed by atoms with Crippen LogP contribution in [0, 0.1) is 5.92 Å². The summed E-state index contributed by atoms with van der Waals surface area (Å²) in [6, 6.07) is 15.7. The average Bonchev–Trinajstić information content (AvgIpc) is 2.98. The predicted molar refractivity (Wildman–Crippen MR) is 97.9 cm³/mol. The number of morpholine rings is 1. The first-order chi connectivity index (χ1) is 12.2. The van der Waals surface area contributed by atoms with Crippen LogP contribution in [0.4, 0.5) is 0 Å². The van der Waals surface area contributed by atoms with Crippen LogP contribution in [0.15, 0.2) is 42.5 Å². The number of rotatable bonds is 2. The molecule has 5 rings (SSSR count). The number of ketones is 1. The molecule has 2 aromatic rings. The lowest BCUT2D eigenvalue weighted by atomic mass is 9.80. The Bertz CT molecular complexity index is 830. The molecular weight excluding hydrogens is 310 g/mol. The van der Waals surface area contributed by atoms with Crippen LogP contribution in [0.2, 0.25) is 0 Å². The van der Waals surface area contributed by atoms with Gasteiger partial charge in [0.15, 0.2) is 5.78 Å². The number of Topliss-reactive ketones (excluding diaryl/α,β-unsaturated/α-hetero) is 1. The monoisotopic (exact) mass is 333 g/mol. The SMILES string of the molecule is CN1C2COCC1CC(C(=O)c1ccc3c(c1)Cc1ccccc1-3)C2. The Balaban J connectivity index is 1.41. The molecule has 2 aromatic carbocycles. The fraction of sp³-hybridized carbons (Fsp3) is 0.409. The number of carbonyl (C=O) groups excluding carboxylic acids is 1. The Hall–Kier alpha value is -1.97. The fourth-order valence-corrected chi connectivity index (χ4v) is 4.84. The highest BCUT2D eigenvalue weighted by molar-refractivity contribution is 5.99. The van der Waals surface area contributed by atoms with Gasteiger partial charge < -0.3 is 4.74 Å². The second-order valence-electron chi connectivity index (χ2n) is 7.75. The van der Waals surface area contributed by atoms with Crippen molar-refractivity contribution in [1.82, 2.24) is 4.90 Å². The molecule has 0 N–H and O–H groups in total. The van der Waals surface area contributed by atoms with Crippen molar-refractivity contribution in [3.63, 3.8) is 0 Å². The smallest absolute Gasteiger partial charge is 0.166 e. The highest BCUT2D eigenvalue weighted by Gasteiger charge is 2.39. The standard InChI is InChI=1S/C22H23NO2/c1-23-18-10-17(11-19(23)13-25-12-18)22(24)15-6-7-21-16(9-15)8-14-4-2-3-5-20(14)21/h2-7,9,17-19H,8,10-13H2,1H3. The van der Waals surface area contributed by atoms with E-state index in [0.717, 1.165) is 38.0 Å². The Kier molecular flexibility index (Phi) is 3.54. The van der Waals surface area contributed by atoms with Crippen LogP contribution in [-0.4, -0.2) is 43.0 Å². The van der Waals surface area contributed by atoms with E-state index in [4.69, 9.17) is 4.74 Å². The molecule has 3 heteroatoms. The van der Waals surface area contributed by atoms with Crippen molar-refractivity contribution in [2.75, 3.05) is 20.3 Å². The molecule has 3 aliphatic rings. The number of nitrogens with zero attached hydrogens (tertiary/aromatic N) is 1. The van der Waals surface area contributed by atoms with E-state index in [-0.39, 0.29) is 5.92 Å². The summed E-state index contributed by atoms with van der Waals surface area (Å²) in [6.07, 6.45) is 2.78. The second kappa shape index (κ2) is 5.79. The summed E-state index contributed by atoms with van der Waals surface area (Å²) in [5.41, 5.74) is 6.17. The van der Waals surface area contributed by atoms with Gasteiger partial charge in [-0.15, -0.1) is 0 Å². The van der Waals surface area contributed by atoms with Crippen molar-refractivity contribution in [1.29, 1.82) is 0 Å². The summed E-state index contributed by atoms with van der Waals surface area (Å²) in [6.45, 7) is 1.52. The molecule has 0 amide bonds. The van der Waals surface area contributed by atoms with Gasteiger partial charge in [-0.1, -0.05) is 36.4 Å². The normalized spacial score (nSPS) is 27.6. The van der Waals surface area contributed by atoms with Gasteiger partial charge in [0, 0.05) is 23.6 Å². The van der Waals surface area contributed by atoms with Crippen molar-refractivity contribution in [3.8, 4) is 11.1 Å². The lowest BCUT2D eigenvalue weighted by Gasteiger charge is -2.46. The quantitative estimate of drug-likeness (QED) is 0.672. The summed E-state index contributed by atoms with van der Waals surface area (Å²) in [7, 11) is 2.17. The van der Waals surface area contributed by atoms with Crippen molar-refractivity contribution < 1.29 is 9.53 Å². The average molecular weight is 333 g/mol. The molecule has 2 bridgehead atoms. The van der Waals surface area contributed by atoms with E-state index in [2.05, 4.69) is 48.3 Å². The van der Waals surface area contributed by atoms with Gasteiger partial charge in [0.25, 0.3) is 0 Å². The number of hydrogen-bond acceptors (Lipinski definition) is 3. The van der Waals surface area contributed by atoms with E-state index in [1.54, 1.807) is 0 Å². The summed E-state index contributed by atoms with van der Waals surface area (Å²) < 4.78 is 5.68. The van der Waals surface area contributed by atoms with Crippen molar-refractivity contribution >= 4 is 5.78 Å². The molecule has 0 saturated carbocycles. The number of benzene rings is 2. The van der Waals surface area contributed by atoms with Crippen molar-refractivity contribution in [2.24, 2.45) is 5.92 Å². The minimum atomic E-state index is 0.136. The van der Waals surface area contributed by atoms with Crippen LogP contribution in [0.1, 0.15) is 34.3 Å². The predicted octanol–water partition coefficient (Wildman–Crippen LogP) is 3.55. The zero-order chi connectivity index (χ0) is 17.0. The number of carbonyl (C=O) groups is 1. The van der Waals surface area contributed by atoms with Gasteiger partial charge >= 0.3 is 0 Å². The number of ether oxygens (including phenoxy) is 1. The molecule has 3 nitrogen and oxygen atoms in total. The largest absolute Gasteiger partial charge is 0.378 e. The highest BCUT2D eigenvalue weighted by atomic mass is 16.5. The Morgan fingerprint density at radius 3 is 2.52 bits per heavy atom. The Labute approximate surface area is 148 Å². The topological polar surface area (TPSA) is 29.5 Å². The molecule has 2 atom stereocenters. The van der Waals surface area contributed by atoms with E-state index >= 15 is 0 Å². The molecule has 2 heterocycles. The minimum absolute atomic E-state index is 0.136. The number of piperidine rings is 1. The lowest BCUT2D eigenvalue weighted by Crippen LogP contribution is -2.55. The third-order valence-corrected chi connectivity index (χ3v) is 6.33. The van der Waals surface area contributed by atoms with Gasteiger partial charge in [-0.25, -0.2) is 0 Å². The van der Waals surface area contributed by atoms with Gasteiger partial charge in [0.1, 0.15) is 0 Å². The fourth-order valence-electron chi connectivity index (χ4n) is 4.84. The van der Waals surface area contributed by atoms with Crippen molar-refractivity contribution in [2.45, 2.75) is 31.3 Å². The van der Waals surface area contributed by atoms with Gasteiger partial charge in [-0.05, 0) is 54.6 Å². The zero-order valence-corrected chi connectivity index (χ0v) is 14.6. The van der Waals surface area contributed by atoms with Crippen LogP contribution in [0.25, 0.3) is 11.1 Å². The summed E-state index contributed by atoms with van der Waals surface area (Å²) >= 11 is 0. The van der Waals surface area contributed by atoms with Crippen LogP contribution < -0.4 is 0 Å².